The van der Waals surface area contributed by atoms with Gasteiger partial charge in [0.15, 0.2) is 17.4 Å². The molecular weight excluding hydrogens is 443 g/mol. The number of halogens is 1. The first-order valence-corrected chi connectivity index (χ1v) is 9.95. The number of amidine groups is 1. The van der Waals surface area contributed by atoms with E-state index in [0.717, 1.165) is 4.68 Å². The van der Waals surface area contributed by atoms with Crippen LogP contribution in [-0.2, 0) is 0 Å². The minimum Gasteiger partial charge on any atom is -0.497 e. The average molecular weight is 468 g/mol. The average Bonchev–Trinajstić information content (AvgIpc) is 3.23. The highest BCUT2D eigenvalue weighted by Gasteiger charge is 2.26. The van der Waals surface area contributed by atoms with Crippen LogP contribution in [0.3, 0.4) is 0 Å². The van der Waals surface area contributed by atoms with Gasteiger partial charge in [0.1, 0.15) is 23.4 Å². The van der Waals surface area contributed by atoms with Crippen LogP contribution in [0.15, 0.2) is 59.5 Å². The molecule has 0 aliphatic carbocycles. The first kappa shape index (κ1) is 23.9. The molecule has 9 N–H and O–H groups in total. The lowest BCUT2D eigenvalue weighted by molar-refractivity contribution is 0.370. The Kier molecular flexibility index (Phi) is 7.21. The van der Waals surface area contributed by atoms with Gasteiger partial charge in [-0.05, 0) is 48.7 Å². The van der Waals surface area contributed by atoms with E-state index in [-0.39, 0.29) is 28.8 Å². The lowest BCUT2D eigenvalue weighted by Crippen LogP contribution is -2.21. The monoisotopic (exact) mass is 468 g/mol. The molecule has 0 aliphatic rings. The Labute approximate surface area is 194 Å². The van der Waals surface area contributed by atoms with Crippen LogP contribution in [0.2, 0.25) is 0 Å². The van der Waals surface area contributed by atoms with E-state index < -0.39 is 17.5 Å². The number of benzene rings is 2. The molecular formula is C22H25FN8O3. The van der Waals surface area contributed by atoms with Crippen molar-refractivity contribution in [1.82, 2.24) is 14.8 Å². The summed E-state index contributed by atoms with van der Waals surface area (Å²) in [7, 11) is 2.77. The molecule has 1 atom stereocenters. The van der Waals surface area contributed by atoms with Crippen molar-refractivity contribution >= 4 is 17.3 Å². The molecule has 34 heavy (non-hydrogen) atoms. The van der Waals surface area contributed by atoms with Crippen LogP contribution in [0.25, 0.3) is 5.82 Å². The number of aromatic amines is 1. The lowest BCUT2D eigenvalue weighted by atomic mass is 10.0. The molecule has 0 radical (unpaired) electrons. The third-order valence-electron chi connectivity index (χ3n) is 4.85. The molecule has 0 spiro atoms. The molecule has 0 bridgehead atoms. The van der Waals surface area contributed by atoms with Crippen molar-refractivity contribution in [1.29, 1.82) is 5.41 Å². The fraction of sp³-hybridized carbons (Fsp3) is 0.136. The number of nitrogens with two attached hydrogens (primary N) is 3. The number of nitrogens with zero attached hydrogens (tertiary/aromatic N) is 2. The van der Waals surface area contributed by atoms with Gasteiger partial charge < -0.3 is 32.0 Å². The first-order chi connectivity index (χ1) is 16.3. The Morgan fingerprint density at radius 3 is 2.53 bits per heavy atom. The molecule has 0 amide bonds. The molecule has 178 valence electrons. The fourth-order valence-corrected chi connectivity index (χ4v) is 3.15. The number of methoxy groups -OCH3 is 2. The summed E-state index contributed by atoms with van der Waals surface area (Å²) in [6.45, 7) is 0. The van der Waals surface area contributed by atoms with Crippen molar-refractivity contribution in [3.05, 3.63) is 88.0 Å². The highest BCUT2D eigenvalue weighted by atomic mass is 19.1. The molecule has 2 aromatic carbocycles. The number of allylic oxidation sites excluding steroid dienone is 2. The molecule has 0 aliphatic heterocycles. The second-order valence-corrected chi connectivity index (χ2v) is 7.00. The quantitative estimate of drug-likeness (QED) is 0.155. The Hall–Kier alpha value is -4.74. The van der Waals surface area contributed by atoms with E-state index >= 15 is 4.39 Å². The second-order valence-electron chi connectivity index (χ2n) is 7.00. The van der Waals surface area contributed by atoms with Gasteiger partial charge in [0.25, 0.3) is 0 Å². The van der Waals surface area contributed by atoms with Gasteiger partial charge in [-0.3, -0.25) is 10.4 Å². The van der Waals surface area contributed by atoms with Crippen LogP contribution in [-0.4, -0.2) is 34.8 Å². The van der Waals surface area contributed by atoms with Crippen LogP contribution in [0, 0.1) is 11.2 Å². The van der Waals surface area contributed by atoms with Gasteiger partial charge in [-0.15, -0.1) is 5.10 Å². The Balaban J connectivity index is 2.16. The number of nitrogen functional groups attached to an aromatic ring is 1. The molecule has 1 unspecified atom stereocenters. The Morgan fingerprint density at radius 2 is 1.94 bits per heavy atom. The molecule has 12 heteroatoms. The number of H-pyrrole nitrogens is 1. The highest BCUT2D eigenvalue weighted by molar-refractivity contribution is 5.95. The second kappa shape index (κ2) is 10.3. The third-order valence-corrected chi connectivity index (χ3v) is 4.85. The van der Waals surface area contributed by atoms with Gasteiger partial charge in [-0.2, -0.15) is 4.68 Å². The SMILES string of the molecule is COc1cc(OC)c(F)c(C(Nc2ccc(C(=N)N)cc2)c2nn(/C(N)=C/C=C\N)c(=O)[nH]2)c1. The van der Waals surface area contributed by atoms with E-state index in [9.17, 15) is 4.79 Å². The summed E-state index contributed by atoms with van der Waals surface area (Å²) >= 11 is 0. The molecule has 0 saturated carbocycles. The molecule has 3 rings (SSSR count). The highest BCUT2D eigenvalue weighted by Crippen LogP contribution is 2.34. The van der Waals surface area contributed by atoms with Gasteiger partial charge in [0.2, 0.25) is 0 Å². The summed E-state index contributed by atoms with van der Waals surface area (Å²) in [4.78, 5) is 15.2. The molecule has 0 fully saturated rings. The van der Waals surface area contributed by atoms with Crippen molar-refractivity contribution in [2.75, 3.05) is 19.5 Å². The zero-order valence-corrected chi connectivity index (χ0v) is 18.5. The number of hydrogen-bond acceptors (Lipinski definition) is 8. The van der Waals surface area contributed by atoms with Crippen LogP contribution in [0.1, 0.15) is 23.0 Å². The summed E-state index contributed by atoms with van der Waals surface area (Å²) < 4.78 is 26.7. The zero-order chi connectivity index (χ0) is 24.8. The number of hydrogen-bond donors (Lipinski definition) is 6. The Morgan fingerprint density at radius 1 is 1.24 bits per heavy atom. The van der Waals surface area contributed by atoms with Gasteiger partial charge in [0, 0.05) is 22.9 Å². The van der Waals surface area contributed by atoms with E-state index in [1.807, 2.05) is 0 Å². The smallest absolute Gasteiger partial charge is 0.349 e. The molecule has 1 heterocycles. The zero-order valence-electron chi connectivity index (χ0n) is 18.5. The van der Waals surface area contributed by atoms with Crippen molar-refractivity contribution in [3.8, 4) is 11.5 Å². The maximum Gasteiger partial charge on any atom is 0.349 e. The summed E-state index contributed by atoms with van der Waals surface area (Å²) in [5, 5.41) is 14.9. The van der Waals surface area contributed by atoms with Gasteiger partial charge in [-0.1, -0.05) is 0 Å². The Bertz CT molecular complexity index is 1290. The summed E-state index contributed by atoms with van der Waals surface area (Å²) in [6, 6.07) is 8.46. The minimum absolute atomic E-state index is 0.00227. The molecule has 11 nitrogen and oxygen atoms in total. The van der Waals surface area contributed by atoms with Gasteiger partial charge >= 0.3 is 5.69 Å². The van der Waals surface area contributed by atoms with Crippen LogP contribution in [0.5, 0.6) is 11.5 Å². The summed E-state index contributed by atoms with van der Waals surface area (Å²) in [5.74, 6) is -0.413. The van der Waals surface area contributed by atoms with Crippen molar-refractivity contribution < 1.29 is 13.9 Å². The molecule has 3 aromatic rings. The van der Waals surface area contributed by atoms with E-state index in [2.05, 4.69) is 15.4 Å². The van der Waals surface area contributed by atoms with Crippen LogP contribution in [0.4, 0.5) is 10.1 Å². The van der Waals surface area contributed by atoms with E-state index in [1.54, 1.807) is 24.3 Å². The number of rotatable bonds is 9. The van der Waals surface area contributed by atoms with Crippen LogP contribution >= 0.6 is 0 Å². The van der Waals surface area contributed by atoms with E-state index in [4.69, 9.17) is 32.1 Å². The van der Waals surface area contributed by atoms with Crippen molar-refractivity contribution in [2.24, 2.45) is 17.2 Å². The predicted molar refractivity (Wildman–Crippen MR) is 127 cm³/mol. The number of anilines is 1. The number of ether oxygens (including phenoxy) is 2. The van der Waals surface area contributed by atoms with Gasteiger partial charge in [-0.25, -0.2) is 9.18 Å². The third kappa shape index (κ3) is 5.01. The standard InChI is InChI=1S/C22H25FN8O3/c1-33-14-10-15(18(23)16(11-14)34-2)19(28-13-7-5-12(6-8-13)20(26)27)21-29-22(32)31(30-21)17(25)4-3-9-24/h3-11,19,28H,24-25H2,1-2H3,(H3,26,27)(H,29,30,32)/b9-3-,17-4+. The largest absolute Gasteiger partial charge is 0.497 e. The topological polar surface area (TPSA) is 183 Å². The van der Waals surface area contributed by atoms with E-state index in [0.29, 0.717) is 17.0 Å². The lowest BCUT2D eigenvalue weighted by Gasteiger charge is -2.21. The molecule has 1 aromatic heterocycles. The molecule has 0 saturated heterocycles. The van der Waals surface area contributed by atoms with Crippen LogP contribution < -0.4 is 37.7 Å². The maximum absolute atomic E-state index is 15.4. The van der Waals surface area contributed by atoms with Gasteiger partial charge in [0.05, 0.1) is 14.2 Å². The summed E-state index contributed by atoms with van der Waals surface area (Å²) in [5.41, 5.74) is 17.3. The maximum atomic E-state index is 15.4. The van der Waals surface area contributed by atoms with Crippen molar-refractivity contribution in [3.63, 3.8) is 0 Å². The number of nitrogens with one attached hydrogen (secondary N) is 3. The number of aromatic nitrogens is 3. The fourth-order valence-electron chi connectivity index (χ4n) is 3.15. The summed E-state index contributed by atoms with van der Waals surface area (Å²) in [6.07, 6.45) is 4.08. The normalized spacial score (nSPS) is 12.5. The van der Waals surface area contributed by atoms with E-state index in [1.165, 1.54) is 44.7 Å². The first-order valence-electron chi connectivity index (χ1n) is 9.95. The van der Waals surface area contributed by atoms with Crippen molar-refractivity contribution in [2.45, 2.75) is 6.04 Å². The predicted octanol–water partition coefficient (Wildman–Crippen LogP) is 1.44. The minimum atomic E-state index is -0.987.